The van der Waals surface area contributed by atoms with E-state index in [1.54, 1.807) is 12.1 Å². The molecule has 0 atom stereocenters. The summed E-state index contributed by atoms with van der Waals surface area (Å²) < 4.78 is 15.9. The molecule has 1 amide bonds. The molecule has 0 spiro atoms. The van der Waals surface area contributed by atoms with E-state index in [4.69, 9.17) is 25.8 Å². The first-order valence-corrected chi connectivity index (χ1v) is 8.25. The van der Waals surface area contributed by atoms with Crippen molar-refractivity contribution in [2.75, 3.05) is 20.8 Å². The largest absolute Gasteiger partial charge is 0.493 e. The number of hydrogen-bond donors (Lipinski definition) is 1. The van der Waals surface area contributed by atoms with Crippen LogP contribution in [0.4, 0.5) is 0 Å². The van der Waals surface area contributed by atoms with E-state index in [1.165, 1.54) is 20.4 Å². The predicted molar refractivity (Wildman–Crippen MR) is 102 cm³/mol. The number of hydrogen-bond acceptors (Lipinski definition) is 5. The molecule has 7 heteroatoms. The normalized spacial score (nSPS) is 10.7. The molecule has 0 saturated heterocycles. The lowest BCUT2D eigenvalue weighted by atomic mass is 10.1. The Bertz CT molecular complexity index is 801. The molecule has 0 fully saturated rings. The Labute approximate surface area is 157 Å². The van der Waals surface area contributed by atoms with Crippen LogP contribution in [0.2, 0.25) is 5.02 Å². The number of benzene rings is 2. The number of nitrogens with zero attached hydrogens (tertiary/aromatic N) is 1. The average molecular weight is 377 g/mol. The van der Waals surface area contributed by atoms with Crippen molar-refractivity contribution in [2.45, 2.75) is 13.8 Å². The summed E-state index contributed by atoms with van der Waals surface area (Å²) >= 11 is 6.16. The van der Waals surface area contributed by atoms with E-state index < -0.39 is 0 Å². The van der Waals surface area contributed by atoms with E-state index in [0.29, 0.717) is 27.8 Å². The van der Waals surface area contributed by atoms with Gasteiger partial charge in [0.2, 0.25) is 0 Å². The molecule has 138 valence electrons. The fourth-order valence-corrected chi connectivity index (χ4v) is 2.54. The van der Waals surface area contributed by atoms with Gasteiger partial charge in [0.1, 0.15) is 5.75 Å². The monoisotopic (exact) mass is 376 g/mol. The highest BCUT2D eigenvalue weighted by molar-refractivity contribution is 6.33. The first-order chi connectivity index (χ1) is 12.4. The van der Waals surface area contributed by atoms with Gasteiger partial charge in [-0.15, -0.1) is 0 Å². The van der Waals surface area contributed by atoms with Crippen molar-refractivity contribution < 1.29 is 19.0 Å². The molecule has 0 aliphatic carbocycles. The second-order valence-electron chi connectivity index (χ2n) is 5.63. The predicted octanol–water partition coefficient (Wildman–Crippen LogP) is 3.50. The number of ether oxygens (including phenoxy) is 3. The maximum atomic E-state index is 11.9. The number of carbonyl (C=O) groups is 1. The van der Waals surface area contributed by atoms with Gasteiger partial charge in [0.25, 0.3) is 5.91 Å². The van der Waals surface area contributed by atoms with Gasteiger partial charge in [-0.1, -0.05) is 17.7 Å². The Morgan fingerprint density at radius 3 is 2.31 bits per heavy atom. The number of nitrogens with one attached hydrogen (secondary N) is 1. The molecule has 0 aromatic heterocycles. The Morgan fingerprint density at radius 2 is 1.69 bits per heavy atom. The van der Waals surface area contributed by atoms with Gasteiger partial charge >= 0.3 is 0 Å². The molecule has 0 aliphatic rings. The van der Waals surface area contributed by atoms with E-state index in [0.717, 1.165) is 11.1 Å². The number of amides is 1. The van der Waals surface area contributed by atoms with Gasteiger partial charge in [0.15, 0.2) is 18.1 Å². The van der Waals surface area contributed by atoms with E-state index in [-0.39, 0.29) is 12.5 Å². The third kappa shape index (κ3) is 5.39. The quantitative estimate of drug-likeness (QED) is 0.593. The number of carbonyl (C=O) groups excluding carboxylic acids is 1. The summed E-state index contributed by atoms with van der Waals surface area (Å²) in [4.78, 5) is 11.9. The minimum Gasteiger partial charge on any atom is -0.493 e. The van der Waals surface area contributed by atoms with Gasteiger partial charge in [-0.2, -0.15) is 5.10 Å². The zero-order valence-electron chi connectivity index (χ0n) is 15.1. The summed E-state index contributed by atoms with van der Waals surface area (Å²) in [7, 11) is 3.05. The second kappa shape index (κ2) is 9.10. The average Bonchev–Trinajstić information content (AvgIpc) is 2.60. The molecule has 1 N–H and O–H groups in total. The maximum Gasteiger partial charge on any atom is 0.277 e. The highest BCUT2D eigenvalue weighted by Crippen LogP contribution is 2.32. The van der Waals surface area contributed by atoms with Gasteiger partial charge < -0.3 is 14.2 Å². The summed E-state index contributed by atoms with van der Waals surface area (Å²) in [5.41, 5.74) is 5.12. The summed E-state index contributed by atoms with van der Waals surface area (Å²) in [6.07, 6.45) is 1.43. The van der Waals surface area contributed by atoms with Gasteiger partial charge in [-0.05, 0) is 43.2 Å². The lowest BCUT2D eigenvalue weighted by Crippen LogP contribution is -2.24. The van der Waals surface area contributed by atoms with Crippen LogP contribution in [0.1, 0.15) is 16.7 Å². The Kier molecular flexibility index (Phi) is 6.86. The van der Waals surface area contributed by atoms with Crippen molar-refractivity contribution >= 4 is 23.7 Å². The summed E-state index contributed by atoms with van der Waals surface area (Å²) in [6, 6.07) is 9.06. The summed E-state index contributed by atoms with van der Waals surface area (Å²) in [5.74, 6) is 1.30. The number of aryl methyl sites for hydroxylation is 2. The van der Waals surface area contributed by atoms with Crippen molar-refractivity contribution in [3.8, 4) is 17.2 Å². The molecule has 2 rings (SSSR count). The third-order valence-electron chi connectivity index (χ3n) is 3.46. The SMILES string of the molecule is COc1cc(Cl)c(/C=N/NC(=O)COc2cc(C)cc(C)c2)cc1OC. The minimum absolute atomic E-state index is 0.139. The zero-order chi connectivity index (χ0) is 19.1. The first kappa shape index (κ1) is 19.6. The van der Waals surface area contributed by atoms with Crippen LogP contribution in [0.15, 0.2) is 35.4 Å². The van der Waals surface area contributed by atoms with Crippen LogP contribution in [-0.2, 0) is 4.79 Å². The molecular formula is C19H21ClN2O4. The summed E-state index contributed by atoms with van der Waals surface area (Å²) in [5, 5.41) is 4.32. The van der Waals surface area contributed by atoms with Crippen LogP contribution >= 0.6 is 11.6 Å². The fraction of sp³-hybridized carbons (Fsp3) is 0.263. The van der Waals surface area contributed by atoms with Crippen LogP contribution < -0.4 is 19.6 Å². The van der Waals surface area contributed by atoms with Gasteiger partial charge in [0, 0.05) is 11.6 Å². The third-order valence-corrected chi connectivity index (χ3v) is 3.79. The first-order valence-electron chi connectivity index (χ1n) is 7.87. The van der Waals surface area contributed by atoms with Crippen molar-refractivity contribution in [2.24, 2.45) is 5.10 Å². The molecule has 0 heterocycles. The minimum atomic E-state index is -0.378. The Hall–Kier alpha value is -2.73. The Morgan fingerprint density at radius 1 is 1.08 bits per heavy atom. The molecule has 2 aromatic carbocycles. The van der Waals surface area contributed by atoms with E-state index >= 15 is 0 Å². The summed E-state index contributed by atoms with van der Waals surface area (Å²) in [6.45, 7) is 3.80. The van der Waals surface area contributed by atoms with Gasteiger partial charge in [0.05, 0.1) is 25.5 Å². The van der Waals surface area contributed by atoms with Crippen LogP contribution in [0, 0.1) is 13.8 Å². The zero-order valence-corrected chi connectivity index (χ0v) is 15.9. The van der Waals surface area contributed by atoms with Crippen LogP contribution in [-0.4, -0.2) is 32.9 Å². The van der Waals surface area contributed by atoms with Gasteiger partial charge in [-0.3, -0.25) is 4.79 Å². The van der Waals surface area contributed by atoms with Crippen LogP contribution in [0.3, 0.4) is 0 Å². The second-order valence-corrected chi connectivity index (χ2v) is 6.04. The van der Waals surface area contributed by atoms with E-state index in [1.807, 2.05) is 32.0 Å². The highest BCUT2D eigenvalue weighted by Gasteiger charge is 2.09. The van der Waals surface area contributed by atoms with Crippen LogP contribution in [0.25, 0.3) is 0 Å². The molecule has 26 heavy (non-hydrogen) atoms. The molecular weight excluding hydrogens is 356 g/mol. The molecule has 0 radical (unpaired) electrons. The number of halogens is 1. The van der Waals surface area contributed by atoms with Crippen molar-refractivity contribution in [3.63, 3.8) is 0 Å². The smallest absolute Gasteiger partial charge is 0.277 e. The van der Waals surface area contributed by atoms with Gasteiger partial charge in [-0.25, -0.2) is 5.43 Å². The molecule has 0 aliphatic heterocycles. The Balaban J connectivity index is 1.94. The van der Waals surface area contributed by atoms with Crippen molar-refractivity contribution in [1.29, 1.82) is 0 Å². The standard InChI is InChI=1S/C19H21ClN2O4/c1-12-5-13(2)7-15(6-12)26-11-19(23)22-21-10-14-8-17(24-3)18(25-4)9-16(14)20/h5-10H,11H2,1-4H3,(H,22,23)/b21-10+. The number of rotatable bonds is 7. The van der Waals surface area contributed by atoms with E-state index in [9.17, 15) is 4.79 Å². The maximum absolute atomic E-state index is 11.9. The lowest BCUT2D eigenvalue weighted by molar-refractivity contribution is -0.123. The topological polar surface area (TPSA) is 69.2 Å². The fourth-order valence-electron chi connectivity index (χ4n) is 2.34. The number of methoxy groups -OCH3 is 2. The highest BCUT2D eigenvalue weighted by atomic mass is 35.5. The lowest BCUT2D eigenvalue weighted by Gasteiger charge is -2.09. The van der Waals surface area contributed by atoms with Crippen LogP contribution in [0.5, 0.6) is 17.2 Å². The molecule has 2 aromatic rings. The van der Waals surface area contributed by atoms with Crippen molar-refractivity contribution in [3.05, 3.63) is 52.0 Å². The molecule has 0 saturated carbocycles. The number of hydrazone groups is 1. The van der Waals surface area contributed by atoms with Crippen molar-refractivity contribution in [1.82, 2.24) is 5.43 Å². The molecule has 6 nitrogen and oxygen atoms in total. The van der Waals surface area contributed by atoms with E-state index in [2.05, 4.69) is 10.5 Å². The molecule has 0 unspecified atom stereocenters. The molecule has 0 bridgehead atoms.